The van der Waals surface area contributed by atoms with Crippen molar-refractivity contribution in [2.24, 2.45) is 5.92 Å². The molecule has 0 aromatic heterocycles. The Hall–Kier alpha value is 0.137. The van der Waals surface area contributed by atoms with Crippen molar-refractivity contribution in [2.75, 3.05) is 14.2 Å². The summed E-state index contributed by atoms with van der Waals surface area (Å²) in [6.45, 7) is 11.6. The number of hydrogen-bond acceptors (Lipinski definition) is 2. The molecule has 0 aliphatic heterocycles. The molecule has 0 spiro atoms. The van der Waals surface area contributed by atoms with Gasteiger partial charge in [0.05, 0.1) is 0 Å². The first-order valence-corrected chi connectivity index (χ1v) is 12.1. The van der Waals surface area contributed by atoms with E-state index in [0.29, 0.717) is 0 Å². The van der Waals surface area contributed by atoms with Gasteiger partial charge in [0.2, 0.25) is 0 Å². The molecule has 0 aromatic carbocycles. The molecule has 0 saturated heterocycles. The van der Waals surface area contributed by atoms with Gasteiger partial charge in [0.1, 0.15) is 0 Å². The van der Waals surface area contributed by atoms with Crippen LogP contribution in [0, 0.1) is 5.92 Å². The Labute approximate surface area is 148 Å². The summed E-state index contributed by atoms with van der Waals surface area (Å²) in [5.74, 6) is 0.731. The van der Waals surface area contributed by atoms with E-state index < -0.39 is 8.56 Å². The molecule has 2 nitrogen and oxygen atoms in total. The SMILES string of the molecule is CCCCCCCCCC(C)(C)[Si](CC(CC)CC)(OC)OC. The summed E-state index contributed by atoms with van der Waals surface area (Å²) < 4.78 is 12.2. The van der Waals surface area contributed by atoms with Gasteiger partial charge in [-0.2, -0.15) is 0 Å². The van der Waals surface area contributed by atoms with Gasteiger partial charge in [0, 0.05) is 19.3 Å². The van der Waals surface area contributed by atoms with Gasteiger partial charge in [-0.3, -0.25) is 0 Å². The number of rotatable bonds is 15. The highest BCUT2D eigenvalue weighted by molar-refractivity contribution is 6.70. The third-order valence-electron chi connectivity index (χ3n) is 5.81. The van der Waals surface area contributed by atoms with Crippen LogP contribution < -0.4 is 0 Å². The second kappa shape index (κ2) is 12.5. The molecule has 0 atom stereocenters. The molecule has 0 aromatic rings. The Morgan fingerprint density at radius 1 is 0.783 bits per heavy atom. The van der Waals surface area contributed by atoms with Crippen molar-refractivity contribution in [1.29, 1.82) is 0 Å². The molecular formula is C20H44O2Si. The first kappa shape index (κ1) is 23.1. The average Bonchev–Trinajstić information content (AvgIpc) is 2.55. The zero-order chi connectivity index (χ0) is 17.8. The third kappa shape index (κ3) is 7.70. The lowest BCUT2D eigenvalue weighted by molar-refractivity contribution is 0.195. The molecule has 0 bridgehead atoms. The Bertz CT molecular complexity index is 271. The zero-order valence-electron chi connectivity index (χ0n) is 17.2. The van der Waals surface area contributed by atoms with Crippen LogP contribution in [-0.4, -0.2) is 22.8 Å². The maximum absolute atomic E-state index is 6.11. The van der Waals surface area contributed by atoms with Gasteiger partial charge in [-0.05, 0) is 18.4 Å². The quantitative estimate of drug-likeness (QED) is 0.233. The number of unbranched alkanes of at least 4 members (excludes halogenated alkanes) is 6. The van der Waals surface area contributed by atoms with Crippen LogP contribution in [0.25, 0.3) is 0 Å². The summed E-state index contributed by atoms with van der Waals surface area (Å²) in [7, 11) is 1.60. The third-order valence-corrected chi connectivity index (χ3v) is 10.6. The van der Waals surface area contributed by atoms with Crippen molar-refractivity contribution in [1.82, 2.24) is 0 Å². The first-order chi connectivity index (χ1) is 10.9. The molecule has 0 fully saturated rings. The molecule has 3 heteroatoms. The molecule has 23 heavy (non-hydrogen) atoms. The van der Waals surface area contributed by atoms with Crippen LogP contribution in [0.3, 0.4) is 0 Å². The Morgan fingerprint density at radius 3 is 1.70 bits per heavy atom. The summed E-state index contributed by atoms with van der Waals surface area (Å²) in [5.41, 5.74) is 0. The molecule has 0 rings (SSSR count). The van der Waals surface area contributed by atoms with Gasteiger partial charge >= 0.3 is 8.56 Å². The summed E-state index contributed by atoms with van der Waals surface area (Å²) in [5, 5.41) is 0.183. The monoisotopic (exact) mass is 344 g/mol. The lowest BCUT2D eigenvalue weighted by Gasteiger charge is -2.43. The van der Waals surface area contributed by atoms with Gasteiger partial charge in [0.25, 0.3) is 0 Å². The van der Waals surface area contributed by atoms with Crippen LogP contribution >= 0.6 is 0 Å². The minimum absolute atomic E-state index is 0.183. The van der Waals surface area contributed by atoms with Crippen LogP contribution in [0.1, 0.15) is 98.8 Å². The van der Waals surface area contributed by atoms with E-state index in [-0.39, 0.29) is 5.04 Å². The van der Waals surface area contributed by atoms with E-state index in [0.717, 1.165) is 12.0 Å². The second-order valence-corrected chi connectivity index (χ2v) is 11.9. The highest BCUT2D eigenvalue weighted by Crippen LogP contribution is 2.47. The highest BCUT2D eigenvalue weighted by Gasteiger charge is 2.50. The van der Waals surface area contributed by atoms with Crippen LogP contribution in [-0.2, 0) is 8.85 Å². The lowest BCUT2D eigenvalue weighted by atomic mass is 10.0. The van der Waals surface area contributed by atoms with Gasteiger partial charge in [-0.15, -0.1) is 0 Å². The van der Waals surface area contributed by atoms with Gasteiger partial charge in [-0.25, -0.2) is 0 Å². The van der Waals surface area contributed by atoms with Crippen LogP contribution in [0.5, 0.6) is 0 Å². The molecule has 0 amide bonds. The normalized spacial score (nSPS) is 13.0. The molecule has 0 saturated carbocycles. The molecule has 0 N–H and O–H groups in total. The standard InChI is InChI=1S/C20H44O2Si/c1-8-11-12-13-14-15-16-17-20(4,5)23(21-6,22-7)18-19(9-2)10-3/h19H,8-18H2,1-7H3. The molecular weight excluding hydrogens is 300 g/mol. The van der Waals surface area contributed by atoms with Crippen LogP contribution in [0.2, 0.25) is 11.1 Å². The summed E-state index contributed by atoms with van der Waals surface area (Å²) in [6.07, 6.45) is 13.3. The topological polar surface area (TPSA) is 18.5 Å². The fraction of sp³-hybridized carbons (Fsp3) is 1.00. The predicted octanol–water partition coefficient (Wildman–Crippen LogP) is 7.08. The molecule has 140 valence electrons. The molecule has 0 aliphatic carbocycles. The summed E-state index contributed by atoms with van der Waals surface area (Å²) >= 11 is 0. The van der Waals surface area contributed by atoms with E-state index in [1.54, 1.807) is 0 Å². The largest absolute Gasteiger partial charge is 0.397 e. The van der Waals surface area contributed by atoms with Crippen molar-refractivity contribution >= 4 is 8.56 Å². The molecule has 0 unspecified atom stereocenters. The van der Waals surface area contributed by atoms with E-state index in [1.807, 2.05) is 14.2 Å². The predicted molar refractivity (Wildman–Crippen MR) is 105 cm³/mol. The molecule has 0 heterocycles. The van der Waals surface area contributed by atoms with Crippen molar-refractivity contribution in [3.8, 4) is 0 Å². The maximum atomic E-state index is 6.11. The summed E-state index contributed by atoms with van der Waals surface area (Å²) in [6, 6.07) is 1.14. The van der Waals surface area contributed by atoms with Crippen LogP contribution in [0.15, 0.2) is 0 Å². The average molecular weight is 345 g/mol. The van der Waals surface area contributed by atoms with E-state index in [2.05, 4.69) is 34.6 Å². The van der Waals surface area contributed by atoms with E-state index in [9.17, 15) is 0 Å². The van der Waals surface area contributed by atoms with Crippen molar-refractivity contribution in [3.63, 3.8) is 0 Å². The minimum atomic E-state index is -2.16. The van der Waals surface area contributed by atoms with E-state index in [4.69, 9.17) is 8.85 Å². The van der Waals surface area contributed by atoms with Crippen molar-refractivity contribution in [2.45, 2.75) is 110 Å². The highest BCUT2D eigenvalue weighted by atomic mass is 28.4. The van der Waals surface area contributed by atoms with Gasteiger partial charge in [0.15, 0.2) is 0 Å². The van der Waals surface area contributed by atoms with Gasteiger partial charge in [-0.1, -0.05) is 92.4 Å². The zero-order valence-corrected chi connectivity index (χ0v) is 18.2. The Morgan fingerprint density at radius 2 is 1.26 bits per heavy atom. The fourth-order valence-electron chi connectivity index (χ4n) is 3.75. The van der Waals surface area contributed by atoms with Crippen molar-refractivity contribution < 1.29 is 8.85 Å². The van der Waals surface area contributed by atoms with E-state index >= 15 is 0 Å². The second-order valence-electron chi connectivity index (χ2n) is 7.80. The molecule has 0 radical (unpaired) electrons. The van der Waals surface area contributed by atoms with E-state index in [1.165, 1.54) is 64.2 Å². The lowest BCUT2D eigenvalue weighted by Crippen LogP contribution is -2.51. The number of hydrogen-bond donors (Lipinski definition) is 0. The smallest absolute Gasteiger partial charge is 0.343 e. The minimum Gasteiger partial charge on any atom is -0.397 e. The van der Waals surface area contributed by atoms with Gasteiger partial charge < -0.3 is 8.85 Å². The molecule has 0 aliphatic rings. The maximum Gasteiger partial charge on any atom is 0.343 e. The first-order valence-electron chi connectivity index (χ1n) is 10.0. The fourth-order valence-corrected chi connectivity index (χ4v) is 7.80. The summed E-state index contributed by atoms with van der Waals surface area (Å²) in [4.78, 5) is 0. The van der Waals surface area contributed by atoms with Crippen molar-refractivity contribution in [3.05, 3.63) is 0 Å². The van der Waals surface area contributed by atoms with Crippen LogP contribution in [0.4, 0.5) is 0 Å². The Balaban J connectivity index is 4.50. The Kier molecular flexibility index (Phi) is 12.6.